The third kappa shape index (κ3) is 3.53. The van der Waals surface area contributed by atoms with Crippen molar-refractivity contribution in [3.63, 3.8) is 0 Å². The standard InChI is InChI=1S/C20H28O2.C4H10O3/c1-18-10-11-20(3)16(15(18)6-7-17(18)22)5-4-13-12-14(21)8-9-19(13,20)2;1-5-4(6-2)7-3/h12,15-16H,4-11H2,1-3H3;4H,1-3H3/t15?,16?,18?,19?,20-;/m0./s1. The van der Waals surface area contributed by atoms with Gasteiger partial charge in [0, 0.05) is 39.6 Å². The molecule has 0 amide bonds. The molecule has 5 heteroatoms. The molecule has 4 aliphatic carbocycles. The molecule has 5 atom stereocenters. The minimum atomic E-state index is -0.514. The van der Waals surface area contributed by atoms with E-state index in [1.807, 2.05) is 6.08 Å². The van der Waals surface area contributed by atoms with Gasteiger partial charge in [0.25, 0.3) is 6.48 Å². The van der Waals surface area contributed by atoms with Gasteiger partial charge in [-0.1, -0.05) is 26.3 Å². The van der Waals surface area contributed by atoms with E-state index in [0.29, 0.717) is 29.8 Å². The minimum absolute atomic E-state index is 0.0494. The number of allylic oxidation sites excluding steroid dienone is 1. The molecule has 4 unspecified atom stereocenters. The predicted molar refractivity (Wildman–Crippen MR) is 111 cm³/mol. The maximum absolute atomic E-state index is 12.5. The van der Waals surface area contributed by atoms with E-state index in [4.69, 9.17) is 0 Å². The number of carbonyl (C=O) groups is 2. The molecule has 5 nitrogen and oxygen atoms in total. The first-order chi connectivity index (χ1) is 13.7. The summed E-state index contributed by atoms with van der Waals surface area (Å²) in [4.78, 5) is 24.3. The van der Waals surface area contributed by atoms with Gasteiger partial charge in [0.1, 0.15) is 5.78 Å². The smallest absolute Gasteiger partial charge is 0.270 e. The topological polar surface area (TPSA) is 61.8 Å². The highest BCUT2D eigenvalue weighted by Crippen LogP contribution is 2.70. The Morgan fingerprint density at radius 2 is 1.48 bits per heavy atom. The van der Waals surface area contributed by atoms with E-state index >= 15 is 0 Å². The second kappa shape index (κ2) is 8.24. The first-order valence-electron chi connectivity index (χ1n) is 11.0. The lowest BCUT2D eigenvalue weighted by atomic mass is 9.40. The maximum Gasteiger partial charge on any atom is 0.270 e. The van der Waals surface area contributed by atoms with Gasteiger partial charge in [-0.25, -0.2) is 0 Å². The molecular weight excluding hydrogens is 368 g/mol. The van der Waals surface area contributed by atoms with Crippen molar-refractivity contribution in [2.45, 2.75) is 78.6 Å². The van der Waals surface area contributed by atoms with Crippen LogP contribution in [-0.2, 0) is 23.8 Å². The van der Waals surface area contributed by atoms with Crippen LogP contribution in [0.3, 0.4) is 0 Å². The van der Waals surface area contributed by atoms with Gasteiger partial charge >= 0.3 is 0 Å². The molecule has 0 radical (unpaired) electrons. The van der Waals surface area contributed by atoms with Crippen LogP contribution in [0.15, 0.2) is 11.6 Å². The number of carbonyl (C=O) groups excluding carboxylic acids is 2. The minimum Gasteiger partial charge on any atom is -0.333 e. The van der Waals surface area contributed by atoms with Crippen molar-refractivity contribution in [3.05, 3.63) is 11.6 Å². The van der Waals surface area contributed by atoms with Crippen molar-refractivity contribution >= 4 is 11.6 Å². The molecule has 0 spiro atoms. The Kier molecular flexibility index (Phi) is 6.43. The van der Waals surface area contributed by atoms with Crippen molar-refractivity contribution in [2.75, 3.05) is 21.3 Å². The average Bonchev–Trinajstić information content (AvgIpc) is 3.00. The van der Waals surface area contributed by atoms with Crippen molar-refractivity contribution in [3.8, 4) is 0 Å². The number of ketones is 2. The van der Waals surface area contributed by atoms with E-state index in [0.717, 1.165) is 38.5 Å². The zero-order chi connectivity index (χ0) is 21.4. The fraction of sp³-hybridized carbons (Fsp3) is 0.833. The van der Waals surface area contributed by atoms with E-state index in [-0.39, 0.29) is 16.2 Å². The number of hydrogen-bond donors (Lipinski definition) is 0. The second-order valence-electron chi connectivity index (χ2n) is 10.0. The molecule has 0 saturated heterocycles. The molecule has 0 bridgehead atoms. The Morgan fingerprint density at radius 3 is 2.07 bits per heavy atom. The second-order valence-corrected chi connectivity index (χ2v) is 10.0. The summed E-state index contributed by atoms with van der Waals surface area (Å²) in [7, 11) is 4.53. The van der Waals surface area contributed by atoms with E-state index in [1.165, 1.54) is 33.3 Å². The fourth-order valence-corrected chi connectivity index (χ4v) is 6.98. The van der Waals surface area contributed by atoms with Gasteiger partial charge in [0.05, 0.1) is 0 Å². The number of hydrogen-bond acceptors (Lipinski definition) is 5. The number of methoxy groups -OCH3 is 3. The van der Waals surface area contributed by atoms with E-state index < -0.39 is 6.48 Å². The Balaban J connectivity index is 0.000000298. The Labute approximate surface area is 175 Å². The lowest BCUT2D eigenvalue weighted by Gasteiger charge is -2.63. The largest absolute Gasteiger partial charge is 0.333 e. The summed E-state index contributed by atoms with van der Waals surface area (Å²) in [5.41, 5.74) is 1.81. The van der Waals surface area contributed by atoms with Crippen LogP contribution in [0.4, 0.5) is 0 Å². The summed E-state index contributed by atoms with van der Waals surface area (Å²) in [5, 5.41) is 0. The van der Waals surface area contributed by atoms with Crippen molar-refractivity contribution in [2.24, 2.45) is 28.1 Å². The molecule has 0 N–H and O–H groups in total. The molecule has 0 aromatic rings. The van der Waals surface area contributed by atoms with Crippen LogP contribution in [0.2, 0.25) is 0 Å². The molecule has 0 heterocycles. The van der Waals surface area contributed by atoms with Gasteiger partial charge in [-0.15, -0.1) is 0 Å². The molecule has 4 rings (SSSR count). The predicted octanol–water partition coefficient (Wildman–Crippen LogP) is 4.69. The van der Waals surface area contributed by atoms with Crippen molar-refractivity contribution in [1.29, 1.82) is 0 Å². The Morgan fingerprint density at radius 1 is 0.862 bits per heavy atom. The van der Waals surface area contributed by atoms with Gasteiger partial charge in [-0.2, -0.15) is 0 Å². The lowest BCUT2D eigenvalue weighted by molar-refractivity contribution is -0.252. The number of rotatable bonds is 3. The van der Waals surface area contributed by atoms with Gasteiger partial charge < -0.3 is 14.2 Å². The number of ether oxygens (including phenoxy) is 3. The van der Waals surface area contributed by atoms with Crippen LogP contribution < -0.4 is 0 Å². The van der Waals surface area contributed by atoms with Gasteiger partial charge in [0.15, 0.2) is 5.78 Å². The quantitative estimate of drug-likeness (QED) is 0.637. The number of fused-ring (bicyclic) bond motifs is 5. The van der Waals surface area contributed by atoms with Gasteiger partial charge in [0.2, 0.25) is 0 Å². The Bertz CT molecular complexity index is 675. The molecule has 3 saturated carbocycles. The SMILES string of the molecule is CC12CC[C@@]3(C)C(CCC4=CC(=O)CCC43C)C1CCC2=O.COC(OC)OC. The van der Waals surface area contributed by atoms with E-state index in [1.54, 1.807) is 0 Å². The highest BCUT2D eigenvalue weighted by Gasteiger charge is 2.64. The average molecular weight is 407 g/mol. The zero-order valence-corrected chi connectivity index (χ0v) is 19.0. The fourth-order valence-electron chi connectivity index (χ4n) is 6.98. The number of Topliss-reactive ketones (excluding diaryl/α,β-unsaturated/α-hetero) is 1. The van der Waals surface area contributed by atoms with Crippen molar-refractivity contribution < 1.29 is 23.8 Å². The highest BCUT2D eigenvalue weighted by atomic mass is 16.8. The molecule has 29 heavy (non-hydrogen) atoms. The summed E-state index contributed by atoms with van der Waals surface area (Å²) in [6.07, 6.45) is 10.1. The van der Waals surface area contributed by atoms with Crippen LogP contribution >= 0.6 is 0 Å². The summed E-state index contributed by atoms with van der Waals surface area (Å²) < 4.78 is 13.8. The molecular formula is C24H38O5. The molecule has 0 aliphatic heterocycles. The monoisotopic (exact) mass is 406 g/mol. The molecule has 4 aliphatic rings. The summed E-state index contributed by atoms with van der Waals surface area (Å²) in [5.74, 6) is 2.08. The maximum atomic E-state index is 12.5. The third-order valence-electron chi connectivity index (χ3n) is 9.08. The van der Waals surface area contributed by atoms with E-state index in [9.17, 15) is 9.59 Å². The van der Waals surface area contributed by atoms with Crippen LogP contribution in [0, 0.1) is 28.1 Å². The van der Waals surface area contributed by atoms with E-state index in [2.05, 4.69) is 35.0 Å². The highest BCUT2D eigenvalue weighted by molar-refractivity contribution is 5.92. The third-order valence-corrected chi connectivity index (χ3v) is 9.08. The lowest BCUT2D eigenvalue weighted by Crippen LogP contribution is -2.57. The van der Waals surface area contributed by atoms with Crippen LogP contribution in [-0.4, -0.2) is 39.4 Å². The van der Waals surface area contributed by atoms with Crippen LogP contribution in [0.1, 0.15) is 72.1 Å². The first-order valence-corrected chi connectivity index (χ1v) is 11.0. The summed E-state index contributed by atoms with van der Waals surface area (Å²) in [6, 6.07) is 0. The van der Waals surface area contributed by atoms with Crippen molar-refractivity contribution in [1.82, 2.24) is 0 Å². The summed E-state index contributed by atoms with van der Waals surface area (Å²) >= 11 is 0. The van der Waals surface area contributed by atoms with Crippen LogP contribution in [0.25, 0.3) is 0 Å². The van der Waals surface area contributed by atoms with Gasteiger partial charge in [-0.3, -0.25) is 9.59 Å². The molecule has 0 aromatic heterocycles. The van der Waals surface area contributed by atoms with Crippen LogP contribution in [0.5, 0.6) is 0 Å². The molecule has 3 fully saturated rings. The molecule has 0 aromatic carbocycles. The summed E-state index contributed by atoms with van der Waals surface area (Å²) in [6.45, 7) is 6.62. The molecule has 164 valence electrons. The normalized spacial score (nSPS) is 41.1. The Hall–Kier alpha value is -1.04. The first kappa shape index (κ1) is 22.6. The zero-order valence-electron chi connectivity index (χ0n) is 19.0. The van der Waals surface area contributed by atoms with Gasteiger partial charge in [-0.05, 0) is 67.3 Å².